The van der Waals surface area contributed by atoms with Gasteiger partial charge in [-0.15, -0.1) is 0 Å². The van der Waals surface area contributed by atoms with Crippen LogP contribution in [0, 0.1) is 25.5 Å². The molecule has 5 heteroatoms. The van der Waals surface area contributed by atoms with Gasteiger partial charge in [-0.05, 0) is 55.5 Å². The minimum Gasteiger partial charge on any atom is -0.322 e. The van der Waals surface area contributed by atoms with Gasteiger partial charge in [0.25, 0.3) is 0 Å². The molecular formula is C22H24F2N2O. The van der Waals surface area contributed by atoms with Gasteiger partial charge in [0, 0.05) is 37.5 Å². The van der Waals surface area contributed by atoms with Crippen LogP contribution in [0.1, 0.15) is 29.5 Å². The molecule has 1 fully saturated rings. The predicted octanol–water partition coefficient (Wildman–Crippen LogP) is 4.74. The molecule has 2 aromatic rings. The summed E-state index contributed by atoms with van der Waals surface area (Å²) in [4.78, 5) is 14.5. The number of aryl methyl sites for hydroxylation is 2. The monoisotopic (exact) mass is 370 g/mol. The molecule has 0 spiro atoms. The quantitative estimate of drug-likeness (QED) is 0.788. The van der Waals surface area contributed by atoms with Crippen LogP contribution >= 0.6 is 0 Å². The van der Waals surface area contributed by atoms with Gasteiger partial charge in [0.15, 0.2) is 11.6 Å². The van der Waals surface area contributed by atoms with Crippen LogP contribution < -0.4 is 5.32 Å². The zero-order valence-electron chi connectivity index (χ0n) is 15.7. The van der Waals surface area contributed by atoms with E-state index in [-0.39, 0.29) is 11.6 Å². The highest BCUT2D eigenvalue weighted by Gasteiger charge is 2.15. The third-order valence-electron chi connectivity index (χ3n) is 5.00. The molecule has 0 bridgehead atoms. The largest absolute Gasteiger partial charge is 0.322 e. The van der Waals surface area contributed by atoms with Crippen molar-refractivity contribution < 1.29 is 13.6 Å². The number of rotatable bonds is 4. The number of amides is 1. The molecule has 0 radical (unpaired) electrons. The zero-order valence-corrected chi connectivity index (χ0v) is 15.7. The topological polar surface area (TPSA) is 32.3 Å². The average molecular weight is 370 g/mol. The van der Waals surface area contributed by atoms with Crippen LogP contribution in [-0.2, 0) is 11.3 Å². The standard InChI is InChI=1S/C22H24F2N2O/c1-15-3-4-18(11-16(15)2)14-26-9-7-17(8-10-26)12-22(27)25-19-5-6-20(23)21(24)13-19/h3-6,11-13H,7-10,14H2,1-2H3,(H,25,27). The molecule has 1 aliphatic heterocycles. The Kier molecular flexibility index (Phi) is 6.01. The van der Waals surface area contributed by atoms with Gasteiger partial charge in [-0.25, -0.2) is 8.78 Å². The van der Waals surface area contributed by atoms with Crippen LogP contribution in [0.15, 0.2) is 48.0 Å². The Morgan fingerprint density at radius 3 is 2.44 bits per heavy atom. The average Bonchev–Trinajstić information content (AvgIpc) is 2.63. The van der Waals surface area contributed by atoms with E-state index in [1.165, 1.54) is 22.8 Å². The minimum atomic E-state index is -0.972. The molecule has 3 rings (SSSR count). The molecular weight excluding hydrogens is 346 g/mol. The number of benzene rings is 2. The van der Waals surface area contributed by atoms with Crippen LogP contribution in [0.4, 0.5) is 14.5 Å². The summed E-state index contributed by atoms with van der Waals surface area (Å²) in [6.45, 7) is 6.95. The summed E-state index contributed by atoms with van der Waals surface area (Å²) < 4.78 is 26.1. The number of carbonyl (C=O) groups is 1. The number of nitrogens with zero attached hydrogens (tertiary/aromatic N) is 1. The number of anilines is 1. The maximum Gasteiger partial charge on any atom is 0.248 e. The second-order valence-corrected chi connectivity index (χ2v) is 7.12. The van der Waals surface area contributed by atoms with Gasteiger partial charge >= 0.3 is 0 Å². The molecule has 1 N–H and O–H groups in total. The predicted molar refractivity (Wildman–Crippen MR) is 103 cm³/mol. The van der Waals surface area contributed by atoms with Crippen LogP contribution in [0.2, 0.25) is 0 Å². The molecule has 0 unspecified atom stereocenters. The first-order valence-corrected chi connectivity index (χ1v) is 9.14. The lowest BCUT2D eigenvalue weighted by Crippen LogP contribution is -2.30. The zero-order chi connectivity index (χ0) is 19.4. The number of hydrogen-bond acceptors (Lipinski definition) is 2. The Morgan fingerprint density at radius 1 is 1.04 bits per heavy atom. The Morgan fingerprint density at radius 2 is 1.78 bits per heavy atom. The summed E-state index contributed by atoms with van der Waals surface area (Å²) in [7, 11) is 0. The lowest BCUT2D eigenvalue weighted by Gasteiger charge is -2.28. The van der Waals surface area contributed by atoms with Gasteiger partial charge in [-0.3, -0.25) is 9.69 Å². The summed E-state index contributed by atoms with van der Waals surface area (Å²) in [6, 6.07) is 9.89. The van der Waals surface area contributed by atoms with E-state index < -0.39 is 11.6 Å². The Bertz CT molecular complexity index is 867. The molecule has 0 aliphatic carbocycles. The summed E-state index contributed by atoms with van der Waals surface area (Å²) in [5.41, 5.74) is 5.24. The highest BCUT2D eigenvalue weighted by atomic mass is 19.2. The molecule has 3 nitrogen and oxygen atoms in total. The van der Waals surface area contributed by atoms with Gasteiger partial charge < -0.3 is 5.32 Å². The molecule has 27 heavy (non-hydrogen) atoms. The first-order chi connectivity index (χ1) is 12.9. The molecule has 0 aromatic heterocycles. The normalized spacial score (nSPS) is 14.9. The third kappa shape index (κ3) is 5.23. The first kappa shape index (κ1) is 19.2. The lowest BCUT2D eigenvalue weighted by molar-refractivity contribution is -0.112. The molecule has 1 heterocycles. The number of halogens is 2. The van der Waals surface area contributed by atoms with E-state index in [1.807, 2.05) is 0 Å². The smallest absolute Gasteiger partial charge is 0.248 e. The SMILES string of the molecule is Cc1ccc(CN2CCC(=CC(=O)Nc3ccc(F)c(F)c3)CC2)cc1C. The van der Waals surface area contributed by atoms with E-state index in [0.29, 0.717) is 0 Å². The van der Waals surface area contributed by atoms with Crippen molar-refractivity contribution in [1.82, 2.24) is 4.90 Å². The Labute approximate surface area is 158 Å². The number of hydrogen-bond donors (Lipinski definition) is 1. The van der Waals surface area contributed by atoms with Gasteiger partial charge in [0.2, 0.25) is 5.91 Å². The summed E-state index contributed by atoms with van der Waals surface area (Å²) in [5, 5.41) is 2.58. The lowest BCUT2D eigenvalue weighted by atomic mass is 10.0. The molecule has 1 saturated heterocycles. The maximum absolute atomic E-state index is 13.2. The van der Waals surface area contributed by atoms with Crippen molar-refractivity contribution in [1.29, 1.82) is 0 Å². The van der Waals surface area contributed by atoms with Crippen molar-refractivity contribution in [3.8, 4) is 0 Å². The van der Waals surface area contributed by atoms with E-state index in [9.17, 15) is 13.6 Å². The van der Waals surface area contributed by atoms with Crippen LogP contribution in [0.5, 0.6) is 0 Å². The Hall–Kier alpha value is -2.53. The highest BCUT2D eigenvalue weighted by molar-refractivity contribution is 5.99. The first-order valence-electron chi connectivity index (χ1n) is 9.14. The highest BCUT2D eigenvalue weighted by Crippen LogP contribution is 2.20. The van der Waals surface area contributed by atoms with Crippen molar-refractivity contribution in [3.05, 3.63) is 76.4 Å². The molecule has 1 aliphatic rings. The molecule has 2 aromatic carbocycles. The van der Waals surface area contributed by atoms with Crippen molar-refractivity contribution in [3.63, 3.8) is 0 Å². The summed E-state index contributed by atoms with van der Waals surface area (Å²) in [5.74, 6) is -2.21. The van der Waals surface area contributed by atoms with Crippen molar-refractivity contribution in [2.45, 2.75) is 33.2 Å². The van der Waals surface area contributed by atoms with E-state index in [1.54, 1.807) is 6.08 Å². The number of likely N-dealkylation sites (tertiary alicyclic amines) is 1. The van der Waals surface area contributed by atoms with E-state index >= 15 is 0 Å². The van der Waals surface area contributed by atoms with Gasteiger partial charge in [-0.1, -0.05) is 23.8 Å². The molecule has 1 amide bonds. The van der Waals surface area contributed by atoms with Gasteiger partial charge in [0.1, 0.15) is 0 Å². The summed E-state index contributed by atoms with van der Waals surface area (Å²) >= 11 is 0. The maximum atomic E-state index is 13.2. The second kappa shape index (κ2) is 8.44. The number of carbonyl (C=O) groups excluding carboxylic acids is 1. The van der Waals surface area contributed by atoms with E-state index in [2.05, 4.69) is 42.3 Å². The molecule has 142 valence electrons. The summed E-state index contributed by atoms with van der Waals surface area (Å²) in [6.07, 6.45) is 3.24. The molecule has 0 saturated carbocycles. The van der Waals surface area contributed by atoms with Crippen molar-refractivity contribution in [2.75, 3.05) is 18.4 Å². The second-order valence-electron chi connectivity index (χ2n) is 7.12. The third-order valence-corrected chi connectivity index (χ3v) is 5.00. The van der Waals surface area contributed by atoms with E-state index in [4.69, 9.17) is 0 Å². The number of nitrogens with one attached hydrogen (secondary N) is 1. The fourth-order valence-corrected chi connectivity index (χ4v) is 3.24. The van der Waals surface area contributed by atoms with Crippen LogP contribution in [0.25, 0.3) is 0 Å². The minimum absolute atomic E-state index is 0.253. The van der Waals surface area contributed by atoms with Crippen LogP contribution in [-0.4, -0.2) is 23.9 Å². The van der Waals surface area contributed by atoms with Crippen molar-refractivity contribution in [2.24, 2.45) is 0 Å². The van der Waals surface area contributed by atoms with Gasteiger partial charge in [0.05, 0.1) is 0 Å². The molecule has 0 atom stereocenters. The van der Waals surface area contributed by atoms with E-state index in [0.717, 1.165) is 50.2 Å². The number of piperidine rings is 1. The fourth-order valence-electron chi connectivity index (χ4n) is 3.24. The van der Waals surface area contributed by atoms with Crippen molar-refractivity contribution >= 4 is 11.6 Å². The Balaban J connectivity index is 1.52. The fraction of sp³-hybridized carbons (Fsp3) is 0.318. The van der Waals surface area contributed by atoms with Crippen LogP contribution in [0.3, 0.4) is 0 Å². The van der Waals surface area contributed by atoms with Gasteiger partial charge in [-0.2, -0.15) is 0 Å².